The van der Waals surface area contributed by atoms with Crippen molar-refractivity contribution >= 4 is 11.3 Å². The molecule has 1 aromatic heterocycles. The molecule has 0 aliphatic carbocycles. The zero-order valence-corrected chi connectivity index (χ0v) is 14.3. The minimum atomic E-state index is -0.424. The third-order valence-electron chi connectivity index (χ3n) is 3.58. The van der Waals surface area contributed by atoms with Crippen molar-refractivity contribution in [2.45, 2.75) is 64.5 Å². The molecule has 4 heteroatoms. The van der Waals surface area contributed by atoms with Gasteiger partial charge < -0.3 is 15.2 Å². The van der Waals surface area contributed by atoms with E-state index in [0.29, 0.717) is 19.2 Å². The average Bonchev–Trinajstić information content (AvgIpc) is 3.02. The SMILES string of the molecule is CCCCCCCCOCC(O)CN[C@@H](C)c1cccs1. The molecule has 1 rings (SSSR count). The number of aliphatic hydroxyl groups is 1. The Morgan fingerprint density at radius 2 is 2.00 bits per heavy atom. The largest absolute Gasteiger partial charge is 0.389 e. The first-order chi connectivity index (χ1) is 10.2. The second-order valence-corrected chi connectivity index (χ2v) is 6.62. The van der Waals surface area contributed by atoms with E-state index >= 15 is 0 Å². The van der Waals surface area contributed by atoms with Gasteiger partial charge in [0.15, 0.2) is 0 Å². The highest BCUT2D eigenvalue weighted by molar-refractivity contribution is 7.10. The van der Waals surface area contributed by atoms with Crippen LogP contribution in [0.3, 0.4) is 0 Å². The van der Waals surface area contributed by atoms with Crippen molar-refractivity contribution < 1.29 is 9.84 Å². The minimum Gasteiger partial charge on any atom is -0.389 e. The van der Waals surface area contributed by atoms with Crippen LogP contribution in [0, 0.1) is 0 Å². The Balaban J connectivity index is 1.93. The lowest BCUT2D eigenvalue weighted by Crippen LogP contribution is -2.32. The standard InChI is InChI=1S/C17H31NO2S/c1-3-4-5-6-7-8-11-20-14-16(19)13-18-15(2)17-10-9-12-21-17/h9-10,12,15-16,18-19H,3-8,11,13-14H2,1-2H3/t15-,16?/m0/s1. The van der Waals surface area contributed by atoms with E-state index in [1.807, 2.05) is 0 Å². The molecule has 0 saturated heterocycles. The summed E-state index contributed by atoms with van der Waals surface area (Å²) in [6.45, 7) is 6.13. The van der Waals surface area contributed by atoms with Crippen molar-refractivity contribution in [3.05, 3.63) is 22.4 Å². The molecule has 0 aromatic carbocycles. The van der Waals surface area contributed by atoms with Gasteiger partial charge >= 0.3 is 0 Å². The Hall–Kier alpha value is -0.420. The van der Waals surface area contributed by atoms with E-state index in [2.05, 4.69) is 36.7 Å². The van der Waals surface area contributed by atoms with Crippen molar-refractivity contribution in [3.8, 4) is 0 Å². The van der Waals surface area contributed by atoms with Crippen LogP contribution in [-0.4, -0.2) is 31.0 Å². The van der Waals surface area contributed by atoms with Gasteiger partial charge in [-0.3, -0.25) is 0 Å². The van der Waals surface area contributed by atoms with Crippen LogP contribution in [0.2, 0.25) is 0 Å². The number of rotatable bonds is 13. The molecule has 0 amide bonds. The molecule has 0 aliphatic heterocycles. The maximum absolute atomic E-state index is 9.88. The fraction of sp³-hybridized carbons (Fsp3) is 0.765. The van der Waals surface area contributed by atoms with Crippen molar-refractivity contribution in [3.63, 3.8) is 0 Å². The lowest BCUT2D eigenvalue weighted by Gasteiger charge is -2.16. The van der Waals surface area contributed by atoms with Crippen LogP contribution in [0.1, 0.15) is 63.3 Å². The summed E-state index contributed by atoms with van der Waals surface area (Å²) >= 11 is 1.74. The maximum atomic E-state index is 9.88. The second-order valence-electron chi connectivity index (χ2n) is 5.64. The zero-order chi connectivity index (χ0) is 15.3. The van der Waals surface area contributed by atoms with E-state index < -0.39 is 6.10 Å². The number of aliphatic hydroxyl groups excluding tert-OH is 1. The van der Waals surface area contributed by atoms with Gasteiger partial charge in [-0.2, -0.15) is 0 Å². The average molecular weight is 314 g/mol. The molecule has 1 unspecified atom stereocenters. The Morgan fingerprint density at radius 1 is 1.24 bits per heavy atom. The van der Waals surface area contributed by atoms with Crippen LogP contribution in [0.5, 0.6) is 0 Å². The normalized spacial score (nSPS) is 14.2. The van der Waals surface area contributed by atoms with Gasteiger partial charge in [0.1, 0.15) is 0 Å². The van der Waals surface area contributed by atoms with Gasteiger partial charge in [0.2, 0.25) is 0 Å². The van der Waals surface area contributed by atoms with Gasteiger partial charge in [0.25, 0.3) is 0 Å². The van der Waals surface area contributed by atoms with Crippen molar-refractivity contribution in [2.75, 3.05) is 19.8 Å². The van der Waals surface area contributed by atoms with E-state index in [1.54, 1.807) is 11.3 Å². The van der Waals surface area contributed by atoms with E-state index in [0.717, 1.165) is 13.0 Å². The molecule has 1 aromatic rings. The summed E-state index contributed by atoms with van der Waals surface area (Å²) in [5.41, 5.74) is 0. The number of hydrogen-bond donors (Lipinski definition) is 2. The van der Waals surface area contributed by atoms with Gasteiger partial charge in [-0.15, -0.1) is 11.3 Å². The first-order valence-corrected chi connectivity index (χ1v) is 9.14. The van der Waals surface area contributed by atoms with E-state index in [-0.39, 0.29) is 0 Å². The van der Waals surface area contributed by atoms with Crippen molar-refractivity contribution in [2.24, 2.45) is 0 Å². The molecule has 0 aliphatic rings. The molecule has 0 fully saturated rings. The van der Waals surface area contributed by atoms with Crippen LogP contribution in [0.4, 0.5) is 0 Å². The highest BCUT2D eigenvalue weighted by Crippen LogP contribution is 2.17. The molecule has 21 heavy (non-hydrogen) atoms. The summed E-state index contributed by atoms with van der Waals surface area (Å²) in [6, 6.07) is 4.46. The number of thiophene rings is 1. The van der Waals surface area contributed by atoms with Crippen LogP contribution in [-0.2, 0) is 4.74 Å². The lowest BCUT2D eigenvalue weighted by molar-refractivity contribution is 0.0344. The molecule has 0 bridgehead atoms. The first-order valence-electron chi connectivity index (χ1n) is 8.26. The van der Waals surface area contributed by atoms with Crippen molar-refractivity contribution in [1.82, 2.24) is 5.32 Å². The quantitative estimate of drug-likeness (QED) is 0.538. The van der Waals surface area contributed by atoms with Gasteiger partial charge in [-0.1, -0.05) is 45.1 Å². The topological polar surface area (TPSA) is 41.5 Å². The molecule has 0 saturated carbocycles. The molecular weight excluding hydrogens is 282 g/mol. The summed E-state index contributed by atoms with van der Waals surface area (Å²) in [6.07, 6.45) is 7.20. The summed E-state index contributed by atoms with van der Waals surface area (Å²) < 4.78 is 5.54. The summed E-state index contributed by atoms with van der Waals surface area (Å²) in [5, 5.41) is 15.3. The van der Waals surface area contributed by atoms with E-state index in [4.69, 9.17) is 4.74 Å². The Bertz CT molecular complexity index is 330. The van der Waals surface area contributed by atoms with E-state index in [9.17, 15) is 5.11 Å². The first kappa shape index (κ1) is 18.6. The Morgan fingerprint density at radius 3 is 2.71 bits per heavy atom. The van der Waals surface area contributed by atoms with E-state index in [1.165, 1.54) is 37.0 Å². The number of hydrogen-bond acceptors (Lipinski definition) is 4. The minimum absolute atomic E-state index is 0.290. The number of nitrogens with one attached hydrogen (secondary N) is 1. The highest BCUT2D eigenvalue weighted by Gasteiger charge is 2.09. The number of unbranched alkanes of at least 4 members (excludes halogenated alkanes) is 5. The van der Waals surface area contributed by atoms with Crippen molar-refractivity contribution in [1.29, 1.82) is 0 Å². The fourth-order valence-corrected chi connectivity index (χ4v) is 2.97. The van der Waals surface area contributed by atoms with Crippen LogP contribution in [0.25, 0.3) is 0 Å². The van der Waals surface area contributed by atoms with Crippen LogP contribution >= 0.6 is 11.3 Å². The molecular formula is C17H31NO2S. The molecule has 0 spiro atoms. The molecule has 2 N–H and O–H groups in total. The van der Waals surface area contributed by atoms with Gasteiger partial charge in [0, 0.05) is 24.1 Å². The smallest absolute Gasteiger partial charge is 0.0897 e. The fourth-order valence-electron chi connectivity index (χ4n) is 2.21. The third-order valence-corrected chi connectivity index (χ3v) is 4.64. The summed E-state index contributed by atoms with van der Waals surface area (Å²) in [4.78, 5) is 1.30. The molecule has 3 nitrogen and oxygen atoms in total. The Labute approximate surface area is 133 Å². The van der Waals surface area contributed by atoms with Crippen LogP contribution in [0.15, 0.2) is 17.5 Å². The monoisotopic (exact) mass is 313 g/mol. The maximum Gasteiger partial charge on any atom is 0.0897 e. The van der Waals surface area contributed by atoms with Gasteiger partial charge in [-0.05, 0) is 24.8 Å². The molecule has 122 valence electrons. The Kier molecular flexibility index (Phi) is 10.8. The predicted molar refractivity (Wildman–Crippen MR) is 90.9 cm³/mol. The zero-order valence-electron chi connectivity index (χ0n) is 13.5. The molecule has 2 atom stereocenters. The third kappa shape index (κ3) is 9.25. The number of ether oxygens (including phenoxy) is 1. The second kappa shape index (κ2) is 12.2. The van der Waals surface area contributed by atoms with Gasteiger partial charge in [-0.25, -0.2) is 0 Å². The molecule has 0 radical (unpaired) electrons. The van der Waals surface area contributed by atoms with Gasteiger partial charge in [0.05, 0.1) is 12.7 Å². The lowest BCUT2D eigenvalue weighted by atomic mass is 10.1. The molecule has 1 heterocycles. The summed E-state index contributed by atoms with van der Waals surface area (Å²) in [5.74, 6) is 0. The predicted octanol–water partition coefficient (Wildman–Crippen LogP) is 4.14. The highest BCUT2D eigenvalue weighted by atomic mass is 32.1. The van der Waals surface area contributed by atoms with Crippen LogP contribution < -0.4 is 5.32 Å². The summed E-state index contributed by atoms with van der Waals surface area (Å²) in [7, 11) is 0.